The highest BCUT2D eigenvalue weighted by molar-refractivity contribution is 7.89. The van der Waals surface area contributed by atoms with Crippen LogP contribution in [0.2, 0.25) is 0 Å². The maximum Gasteiger partial charge on any atom is 0.243 e. The zero-order chi connectivity index (χ0) is 30.1. The number of nitrogens with zero attached hydrogens (tertiary/aromatic N) is 4. The van der Waals surface area contributed by atoms with Gasteiger partial charge < -0.3 is 14.8 Å². The summed E-state index contributed by atoms with van der Waals surface area (Å²) in [7, 11) is -3.86. The minimum absolute atomic E-state index is 0.211. The number of fused-ring (bicyclic) bond motifs is 2. The first kappa shape index (κ1) is 27.9. The number of benzene rings is 3. The molecule has 0 saturated carbocycles. The highest BCUT2D eigenvalue weighted by Crippen LogP contribution is 2.43. The van der Waals surface area contributed by atoms with E-state index in [9.17, 15) is 13.5 Å². The van der Waals surface area contributed by atoms with Crippen molar-refractivity contribution >= 4 is 38.3 Å². The number of sulfonamides is 1. The standard InChI is InChI=1S/C34H29N5O4S/c40-25-15-19-39(20-16-25)44(41,42)31-8-2-1-7-28(31)34-26-13-11-23(37-32-9-3-5-17-35-32)21-29(26)43-30-22-24(12-14-27(30)34)38-33-10-4-6-18-36-33/h1-14,17-18,21-22,25,40H,15-16,19-20H2,(H,35,37)/b38-24+. The van der Waals surface area contributed by atoms with Crippen LogP contribution >= 0.6 is 0 Å². The molecule has 220 valence electrons. The number of aromatic nitrogens is 2. The Morgan fingerprint density at radius 2 is 1.61 bits per heavy atom. The quantitative estimate of drug-likeness (QED) is 0.220. The van der Waals surface area contributed by atoms with Crippen molar-refractivity contribution in [3.63, 3.8) is 0 Å². The average molecular weight is 604 g/mol. The Labute approximate surface area is 254 Å². The van der Waals surface area contributed by atoms with E-state index < -0.39 is 16.1 Å². The molecule has 2 aliphatic heterocycles. The summed E-state index contributed by atoms with van der Waals surface area (Å²) >= 11 is 0. The fourth-order valence-electron chi connectivity index (χ4n) is 5.57. The molecule has 0 amide bonds. The van der Waals surface area contributed by atoms with Gasteiger partial charge in [0.15, 0.2) is 5.82 Å². The Bertz CT molecular complexity index is 2090. The smallest absolute Gasteiger partial charge is 0.243 e. The summed E-state index contributed by atoms with van der Waals surface area (Å²) in [4.78, 5) is 13.5. The van der Waals surface area contributed by atoms with Crippen LogP contribution in [-0.4, -0.2) is 47.0 Å². The van der Waals surface area contributed by atoms with Gasteiger partial charge in [-0.2, -0.15) is 4.31 Å². The molecule has 44 heavy (non-hydrogen) atoms. The number of hydrogen-bond acceptors (Lipinski definition) is 8. The van der Waals surface area contributed by atoms with E-state index in [1.54, 1.807) is 24.5 Å². The van der Waals surface area contributed by atoms with E-state index in [0.717, 1.165) is 22.2 Å². The molecule has 2 aromatic carbocycles. The van der Waals surface area contributed by atoms with E-state index in [0.29, 0.717) is 46.7 Å². The molecule has 0 spiro atoms. The molecular weight excluding hydrogens is 574 g/mol. The fraction of sp³-hybridized carbons (Fsp3) is 0.147. The molecule has 3 aliphatic rings. The van der Waals surface area contributed by atoms with Crippen molar-refractivity contribution in [3.8, 4) is 22.5 Å². The second-order valence-corrected chi connectivity index (χ2v) is 12.5. The van der Waals surface area contributed by atoms with Crippen LogP contribution in [0.25, 0.3) is 33.4 Å². The number of piperidine rings is 1. The van der Waals surface area contributed by atoms with Gasteiger partial charge in [-0.15, -0.1) is 0 Å². The van der Waals surface area contributed by atoms with Crippen LogP contribution in [0.5, 0.6) is 0 Å². The number of nitrogens with one attached hydrogen (secondary N) is 1. The molecule has 1 saturated heterocycles. The van der Waals surface area contributed by atoms with Gasteiger partial charge in [-0.05, 0) is 67.4 Å². The third kappa shape index (κ3) is 5.46. The van der Waals surface area contributed by atoms with Gasteiger partial charge >= 0.3 is 0 Å². The minimum Gasteiger partial charge on any atom is -0.456 e. The van der Waals surface area contributed by atoms with Crippen molar-refractivity contribution < 1.29 is 17.9 Å². The molecule has 2 aromatic heterocycles. The summed E-state index contributed by atoms with van der Waals surface area (Å²) < 4.78 is 36.1. The topological polar surface area (TPSA) is 121 Å². The molecule has 10 heteroatoms. The lowest BCUT2D eigenvalue weighted by Crippen LogP contribution is -2.40. The number of hydrogen-bond donors (Lipinski definition) is 2. The summed E-state index contributed by atoms with van der Waals surface area (Å²) in [6, 6.07) is 29.6. The molecule has 0 unspecified atom stereocenters. The predicted molar refractivity (Wildman–Crippen MR) is 169 cm³/mol. The highest BCUT2D eigenvalue weighted by atomic mass is 32.2. The van der Waals surface area contributed by atoms with Crippen LogP contribution < -0.4 is 10.7 Å². The molecule has 0 atom stereocenters. The first-order valence-electron chi connectivity index (χ1n) is 14.4. The van der Waals surface area contributed by atoms with Gasteiger partial charge in [0, 0.05) is 65.4 Å². The van der Waals surface area contributed by atoms with E-state index in [2.05, 4.69) is 20.3 Å². The van der Waals surface area contributed by atoms with Gasteiger partial charge in [-0.3, -0.25) is 0 Å². The molecule has 9 nitrogen and oxygen atoms in total. The van der Waals surface area contributed by atoms with Gasteiger partial charge in [0.25, 0.3) is 0 Å². The minimum atomic E-state index is -3.86. The van der Waals surface area contributed by atoms with E-state index in [1.165, 1.54) is 4.31 Å². The monoisotopic (exact) mass is 603 g/mol. The second-order valence-electron chi connectivity index (χ2n) is 10.6. The number of pyridine rings is 2. The van der Waals surface area contributed by atoms with Gasteiger partial charge in [0.2, 0.25) is 10.0 Å². The average Bonchev–Trinajstić information content (AvgIpc) is 3.05. The van der Waals surface area contributed by atoms with Crippen LogP contribution in [-0.2, 0) is 10.0 Å². The third-order valence-corrected chi connectivity index (χ3v) is 9.69. The Morgan fingerprint density at radius 1 is 0.841 bits per heavy atom. The molecule has 1 fully saturated rings. The van der Waals surface area contributed by atoms with Crippen LogP contribution in [0.3, 0.4) is 0 Å². The lowest BCUT2D eigenvalue weighted by molar-refractivity contribution is 0.113. The van der Waals surface area contributed by atoms with Crippen molar-refractivity contribution in [2.45, 2.75) is 23.8 Å². The van der Waals surface area contributed by atoms with Crippen molar-refractivity contribution in [1.29, 1.82) is 0 Å². The number of anilines is 2. The Balaban J connectivity index is 1.44. The summed E-state index contributed by atoms with van der Waals surface area (Å²) in [5.74, 6) is 1.80. The molecule has 2 N–H and O–H groups in total. The van der Waals surface area contributed by atoms with Gasteiger partial charge in [-0.1, -0.05) is 30.3 Å². The maximum absolute atomic E-state index is 14.1. The second kappa shape index (κ2) is 11.6. The summed E-state index contributed by atoms with van der Waals surface area (Å²) in [5, 5.41) is 14.7. The zero-order valence-electron chi connectivity index (χ0n) is 23.7. The number of rotatable bonds is 6. The maximum atomic E-state index is 14.1. The van der Waals surface area contributed by atoms with Crippen LogP contribution in [0.15, 0.2) is 124 Å². The highest BCUT2D eigenvalue weighted by Gasteiger charge is 2.32. The lowest BCUT2D eigenvalue weighted by Gasteiger charge is -2.29. The molecule has 0 radical (unpaired) electrons. The van der Waals surface area contributed by atoms with Crippen LogP contribution in [0.1, 0.15) is 12.8 Å². The predicted octanol–water partition coefficient (Wildman–Crippen LogP) is 6.12. The SMILES string of the molecule is O=S(=O)(c1ccccc1-c1c2cc/c(=N\c3ccccn3)cc-2oc2cc(Nc3ccccn3)ccc12)N1CCC(O)CC1. The van der Waals surface area contributed by atoms with Crippen molar-refractivity contribution in [2.75, 3.05) is 18.4 Å². The number of aliphatic hydroxyl groups excluding tert-OH is 1. The van der Waals surface area contributed by atoms with Crippen LogP contribution in [0, 0.1) is 0 Å². The molecule has 0 bridgehead atoms. The fourth-order valence-corrected chi connectivity index (χ4v) is 7.24. The largest absolute Gasteiger partial charge is 0.456 e. The normalized spacial score (nSPS) is 15.2. The summed E-state index contributed by atoms with van der Waals surface area (Å²) in [5.41, 5.74) is 3.40. The van der Waals surface area contributed by atoms with E-state index >= 15 is 0 Å². The van der Waals surface area contributed by atoms with Crippen molar-refractivity contribution in [2.24, 2.45) is 4.99 Å². The first-order chi connectivity index (χ1) is 21.5. The number of aliphatic hydroxyl groups is 1. The van der Waals surface area contributed by atoms with Crippen molar-refractivity contribution in [1.82, 2.24) is 14.3 Å². The first-order valence-corrected chi connectivity index (χ1v) is 15.8. The molecule has 1 aliphatic carbocycles. The molecule has 4 aromatic rings. The van der Waals surface area contributed by atoms with Crippen molar-refractivity contribution in [3.05, 3.63) is 115 Å². The Hall–Kier alpha value is -4.90. The van der Waals surface area contributed by atoms with Gasteiger partial charge in [0.05, 0.1) is 16.4 Å². The van der Waals surface area contributed by atoms with Crippen LogP contribution in [0.4, 0.5) is 17.3 Å². The van der Waals surface area contributed by atoms with E-state index in [-0.39, 0.29) is 18.0 Å². The molecule has 7 rings (SSSR count). The molecule has 4 heterocycles. The zero-order valence-corrected chi connectivity index (χ0v) is 24.5. The summed E-state index contributed by atoms with van der Waals surface area (Å²) in [6.45, 7) is 0.536. The van der Waals surface area contributed by atoms with E-state index in [4.69, 9.17) is 4.42 Å². The lowest BCUT2D eigenvalue weighted by atomic mass is 9.93. The van der Waals surface area contributed by atoms with Gasteiger partial charge in [-0.25, -0.2) is 23.4 Å². The van der Waals surface area contributed by atoms with Gasteiger partial charge in [0.1, 0.15) is 17.2 Å². The molecular formula is C34H29N5O4S. The Kier molecular flexibility index (Phi) is 7.39. The summed E-state index contributed by atoms with van der Waals surface area (Å²) in [6.07, 6.45) is 3.73. The van der Waals surface area contributed by atoms with E-state index in [1.807, 2.05) is 84.9 Å². The third-order valence-electron chi connectivity index (χ3n) is 7.73. The Morgan fingerprint density at radius 3 is 2.39 bits per heavy atom.